The van der Waals surface area contributed by atoms with E-state index in [4.69, 9.17) is 4.74 Å². The first-order valence-electron chi connectivity index (χ1n) is 11.5. The number of benzene rings is 1. The molecule has 1 N–H and O–H groups in total. The van der Waals surface area contributed by atoms with Crippen LogP contribution in [0.3, 0.4) is 0 Å². The number of nitrogens with zero attached hydrogens (tertiary/aromatic N) is 2. The number of nitrogens with one attached hydrogen (secondary N) is 1. The number of morpholine rings is 1. The Morgan fingerprint density at radius 1 is 1.13 bits per heavy atom. The van der Waals surface area contributed by atoms with Crippen LogP contribution in [-0.4, -0.2) is 60.9 Å². The van der Waals surface area contributed by atoms with Gasteiger partial charge in [-0.15, -0.1) is 0 Å². The third kappa shape index (κ3) is 4.23. The first-order chi connectivity index (χ1) is 14.8. The zero-order valence-electron chi connectivity index (χ0n) is 18.2. The topological polar surface area (TPSA) is 61.9 Å². The van der Waals surface area contributed by atoms with Crippen molar-refractivity contribution < 1.29 is 14.3 Å². The third-order valence-electron chi connectivity index (χ3n) is 7.70. The lowest BCUT2D eigenvalue weighted by molar-refractivity contribution is -0.155. The summed E-state index contributed by atoms with van der Waals surface area (Å²) in [6.45, 7) is 3.36. The molecule has 5 fully saturated rings. The third-order valence-corrected chi connectivity index (χ3v) is 8.63. The lowest BCUT2D eigenvalue weighted by Crippen LogP contribution is -2.58. The molecule has 1 saturated heterocycles. The molecule has 31 heavy (non-hydrogen) atoms. The standard InChI is InChI=1S/C24H32BrN3O3/c1-27(22(30)23-11-17-10-18(12-23)14-24(25,13-17)16-23)15-21(29)26-19-2-4-20(5-3-19)28-6-8-31-9-7-28/h2-5,17-18H,6-16H2,1H3,(H,26,29). The van der Waals surface area contributed by atoms with Gasteiger partial charge in [0.1, 0.15) is 0 Å². The molecule has 2 amide bonds. The summed E-state index contributed by atoms with van der Waals surface area (Å²) in [5.74, 6) is 1.31. The Labute approximate surface area is 192 Å². The quantitative estimate of drug-likeness (QED) is 0.641. The van der Waals surface area contributed by atoms with Gasteiger partial charge < -0.3 is 19.9 Å². The Morgan fingerprint density at radius 3 is 2.39 bits per heavy atom. The van der Waals surface area contributed by atoms with E-state index in [1.807, 2.05) is 24.3 Å². The van der Waals surface area contributed by atoms with Gasteiger partial charge in [0, 0.05) is 35.8 Å². The first kappa shape index (κ1) is 21.3. The molecule has 0 aromatic heterocycles. The minimum atomic E-state index is -0.275. The Morgan fingerprint density at radius 2 is 1.77 bits per heavy atom. The summed E-state index contributed by atoms with van der Waals surface area (Å²) in [5.41, 5.74) is 1.62. The highest BCUT2D eigenvalue weighted by atomic mass is 79.9. The van der Waals surface area contributed by atoms with Crippen LogP contribution in [0.1, 0.15) is 38.5 Å². The van der Waals surface area contributed by atoms with Crippen molar-refractivity contribution in [1.82, 2.24) is 4.90 Å². The number of rotatable bonds is 5. The van der Waals surface area contributed by atoms with Crippen molar-refractivity contribution >= 4 is 39.1 Å². The molecular formula is C24H32BrN3O3. The van der Waals surface area contributed by atoms with Gasteiger partial charge >= 0.3 is 0 Å². The van der Waals surface area contributed by atoms with Crippen LogP contribution in [0.2, 0.25) is 0 Å². The number of hydrogen-bond donors (Lipinski definition) is 1. The van der Waals surface area contributed by atoms with Crippen molar-refractivity contribution in [3.8, 4) is 0 Å². The zero-order valence-corrected chi connectivity index (χ0v) is 19.8. The van der Waals surface area contributed by atoms with E-state index in [-0.39, 0.29) is 28.1 Å². The number of anilines is 2. The molecular weight excluding hydrogens is 458 g/mol. The van der Waals surface area contributed by atoms with E-state index in [1.165, 1.54) is 19.3 Å². The molecule has 4 saturated carbocycles. The summed E-state index contributed by atoms with van der Waals surface area (Å²) in [7, 11) is 1.78. The highest BCUT2D eigenvalue weighted by Crippen LogP contribution is 2.64. The number of hydrogen-bond acceptors (Lipinski definition) is 4. The molecule has 2 unspecified atom stereocenters. The molecule has 1 aliphatic heterocycles. The monoisotopic (exact) mass is 489 g/mol. The number of amides is 2. The Hall–Kier alpha value is -1.60. The van der Waals surface area contributed by atoms with Crippen molar-refractivity contribution in [3.05, 3.63) is 24.3 Å². The predicted octanol–water partition coefficient (Wildman–Crippen LogP) is 3.65. The lowest BCUT2D eigenvalue weighted by atomic mass is 9.49. The number of halogens is 1. The van der Waals surface area contributed by atoms with Gasteiger partial charge in [0.05, 0.1) is 25.2 Å². The van der Waals surface area contributed by atoms with E-state index in [0.717, 1.165) is 56.9 Å². The van der Waals surface area contributed by atoms with Crippen LogP contribution in [0.25, 0.3) is 0 Å². The normalized spacial score (nSPS) is 33.9. The maximum absolute atomic E-state index is 13.5. The fourth-order valence-electron chi connectivity index (χ4n) is 6.87. The second-order valence-electron chi connectivity index (χ2n) is 10.2. The summed E-state index contributed by atoms with van der Waals surface area (Å²) in [6.07, 6.45) is 6.56. The van der Waals surface area contributed by atoms with Crippen molar-refractivity contribution in [1.29, 1.82) is 0 Å². The first-order valence-corrected chi connectivity index (χ1v) is 12.3. The Balaban J connectivity index is 1.18. The van der Waals surface area contributed by atoms with Crippen LogP contribution in [-0.2, 0) is 14.3 Å². The second-order valence-corrected chi connectivity index (χ2v) is 11.9. The molecule has 2 atom stereocenters. The van der Waals surface area contributed by atoms with E-state index in [0.29, 0.717) is 11.8 Å². The molecule has 7 heteroatoms. The maximum atomic E-state index is 13.5. The van der Waals surface area contributed by atoms with Crippen LogP contribution in [0.5, 0.6) is 0 Å². The van der Waals surface area contributed by atoms with E-state index in [9.17, 15) is 9.59 Å². The van der Waals surface area contributed by atoms with Gasteiger partial charge in [0.15, 0.2) is 0 Å². The summed E-state index contributed by atoms with van der Waals surface area (Å²) >= 11 is 3.98. The fraction of sp³-hybridized carbons (Fsp3) is 0.667. The van der Waals surface area contributed by atoms with Gasteiger partial charge in [-0.05, 0) is 74.6 Å². The summed E-state index contributed by atoms with van der Waals surface area (Å²) in [6, 6.07) is 7.91. The van der Waals surface area contributed by atoms with Gasteiger partial charge in [-0.2, -0.15) is 0 Å². The molecule has 5 aliphatic rings. The Kier molecular flexibility index (Phi) is 5.53. The average Bonchev–Trinajstić information content (AvgIpc) is 2.72. The average molecular weight is 490 g/mol. The largest absolute Gasteiger partial charge is 0.378 e. The summed E-state index contributed by atoms with van der Waals surface area (Å²) in [5, 5.41) is 2.95. The molecule has 1 aromatic rings. The van der Waals surface area contributed by atoms with Gasteiger partial charge in [0.2, 0.25) is 11.8 Å². The molecule has 1 aromatic carbocycles. The van der Waals surface area contributed by atoms with Crippen LogP contribution in [0.4, 0.5) is 11.4 Å². The molecule has 6 nitrogen and oxygen atoms in total. The number of carbonyl (C=O) groups is 2. The molecule has 168 valence electrons. The van der Waals surface area contributed by atoms with E-state index in [2.05, 4.69) is 26.1 Å². The molecule has 4 aliphatic carbocycles. The number of carbonyl (C=O) groups excluding carboxylic acids is 2. The summed E-state index contributed by atoms with van der Waals surface area (Å²) < 4.78 is 5.54. The number of alkyl halides is 1. The fourth-order valence-corrected chi connectivity index (χ4v) is 8.32. The maximum Gasteiger partial charge on any atom is 0.243 e. The molecule has 6 rings (SSSR count). The minimum absolute atomic E-state index is 0.0937. The number of ether oxygens (including phenoxy) is 1. The van der Waals surface area contributed by atoms with Gasteiger partial charge in [-0.25, -0.2) is 0 Å². The smallest absolute Gasteiger partial charge is 0.243 e. The highest BCUT2D eigenvalue weighted by Gasteiger charge is 2.60. The van der Waals surface area contributed by atoms with Gasteiger partial charge in [-0.3, -0.25) is 9.59 Å². The van der Waals surface area contributed by atoms with Crippen molar-refractivity contribution in [3.63, 3.8) is 0 Å². The molecule has 1 heterocycles. The van der Waals surface area contributed by atoms with Crippen molar-refractivity contribution in [2.75, 3.05) is 50.1 Å². The second kappa shape index (κ2) is 8.07. The van der Waals surface area contributed by atoms with Crippen LogP contribution in [0.15, 0.2) is 24.3 Å². The van der Waals surface area contributed by atoms with Gasteiger partial charge in [0.25, 0.3) is 0 Å². The zero-order chi connectivity index (χ0) is 21.6. The van der Waals surface area contributed by atoms with Crippen molar-refractivity contribution in [2.24, 2.45) is 17.3 Å². The van der Waals surface area contributed by atoms with Crippen LogP contribution in [0, 0.1) is 17.3 Å². The molecule has 0 radical (unpaired) electrons. The van der Waals surface area contributed by atoms with Crippen molar-refractivity contribution in [2.45, 2.75) is 42.8 Å². The SMILES string of the molecule is CN(CC(=O)Nc1ccc(N2CCOCC2)cc1)C(=O)C12CC3CC(CC(Br)(C3)C1)C2. The van der Waals surface area contributed by atoms with E-state index in [1.54, 1.807) is 11.9 Å². The summed E-state index contributed by atoms with van der Waals surface area (Å²) in [4.78, 5) is 30.1. The predicted molar refractivity (Wildman–Crippen MR) is 125 cm³/mol. The van der Waals surface area contributed by atoms with E-state index >= 15 is 0 Å². The molecule has 4 bridgehead atoms. The highest BCUT2D eigenvalue weighted by molar-refractivity contribution is 9.10. The Bertz CT molecular complexity index is 838. The number of likely N-dealkylation sites (N-methyl/N-ethyl adjacent to an activating group) is 1. The van der Waals surface area contributed by atoms with E-state index < -0.39 is 0 Å². The van der Waals surface area contributed by atoms with Gasteiger partial charge in [-0.1, -0.05) is 15.9 Å². The minimum Gasteiger partial charge on any atom is -0.378 e. The van der Waals surface area contributed by atoms with Crippen LogP contribution < -0.4 is 10.2 Å². The lowest BCUT2D eigenvalue weighted by Gasteiger charge is -2.59. The molecule has 0 spiro atoms. The van der Waals surface area contributed by atoms with Crippen LogP contribution >= 0.6 is 15.9 Å².